The fourth-order valence-corrected chi connectivity index (χ4v) is 0.531. The summed E-state index contributed by atoms with van der Waals surface area (Å²) in [6.45, 7) is 3.56. The van der Waals surface area contributed by atoms with E-state index in [9.17, 15) is 14.4 Å². The smallest absolute Gasteiger partial charge is 0.306 e. The minimum absolute atomic E-state index is 0.181. The van der Waals surface area contributed by atoms with E-state index in [1.165, 1.54) is 12.2 Å². The van der Waals surface area contributed by atoms with Gasteiger partial charge in [0.25, 0.3) is 11.8 Å². The van der Waals surface area contributed by atoms with Crippen molar-refractivity contribution >= 4 is 17.8 Å². The molecule has 0 bridgehead atoms. The van der Waals surface area contributed by atoms with Gasteiger partial charge in [-0.1, -0.05) is 13.8 Å². The summed E-state index contributed by atoms with van der Waals surface area (Å²) >= 11 is 0. The molecule has 1 atom stereocenters. The van der Waals surface area contributed by atoms with Gasteiger partial charge in [-0.3, -0.25) is 19.7 Å². The maximum Gasteiger partial charge on any atom is 0.306 e. The van der Waals surface area contributed by atoms with Gasteiger partial charge in [-0.05, 0) is 6.42 Å². The second kappa shape index (κ2) is 5.90. The molecule has 78 valence electrons. The molecule has 1 heterocycles. The van der Waals surface area contributed by atoms with Gasteiger partial charge in [0.2, 0.25) is 0 Å². The van der Waals surface area contributed by atoms with E-state index in [1.54, 1.807) is 6.92 Å². The van der Waals surface area contributed by atoms with Crippen LogP contribution in [-0.4, -0.2) is 22.9 Å². The number of nitrogens with one attached hydrogen (secondary N) is 1. The second-order valence-electron chi connectivity index (χ2n) is 2.83. The number of hydrogen-bond donors (Lipinski definition) is 2. The second-order valence-corrected chi connectivity index (χ2v) is 2.83. The zero-order chi connectivity index (χ0) is 11.1. The summed E-state index contributed by atoms with van der Waals surface area (Å²) < 4.78 is 0. The third-order valence-electron chi connectivity index (χ3n) is 1.67. The number of carboxylic acid groups (broad SMARTS) is 1. The van der Waals surface area contributed by atoms with E-state index in [2.05, 4.69) is 0 Å². The Morgan fingerprint density at radius 2 is 1.86 bits per heavy atom. The first-order chi connectivity index (χ1) is 6.47. The van der Waals surface area contributed by atoms with Gasteiger partial charge >= 0.3 is 5.97 Å². The summed E-state index contributed by atoms with van der Waals surface area (Å²) in [7, 11) is 0. The van der Waals surface area contributed by atoms with Crippen LogP contribution in [0.25, 0.3) is 0 Å². The van der Waals surface area contributed by atoms with Crippen LogP contribution in [0.2, 0.25) is 0 Å². The number of carboxylic acids is 1. The Morgan fingerprint density at radius 1 is 1.43 bits per heavy atom. The molecule has 0 spiro atoms. The lowest BCUT2D eigenvalue weighted by Crippen LogP contribution is -2.19. The van der Waals surface area contributed by atoms with Crippen molar-refractivity contribution in [2.24, 2.45) is 5.92 Å². The first-order valence-corrected chi connectivity index (χ1v) is 4.23. The van der Waals surface area contributed by atoms with Crippen molar-refractivity contribution in [3.63, 3.8) is 0 Å². The lowest BCUT2D eigenvalue weighted by atomic mass is 10.1. The molecule has 1 rings (SSSR count). The maximum atomic E-state index is 10.0. The molecule has 0 aromatic heterocycles. The van der Waals surface area contributed by atoms with Crippen molar-refractivity contribution in [2.75, 3.05) is 0 Å². The van der Waals surface area contributed by atoms with Crippen molar-refractivity contribution in [1.82, 2.24) is 5.32 Å². The van der Waals surface area contributed by atoms with E-state index in [0.29, 0.717) is 0 Å². The van der Waals surface area contributed by atoms with Crippen LogP contribution in [0, 0.1) is 5.92 Å². The number of aliphatic carboxylic acids is 1. The Hall–Kier alpha value is -1.65. The van der Waals surface area contributed by atoms with Gasteiger partial charge in [-0.15, -0.1) is 0 Å². The monoisotopic (exact) mass is 199 g/mol. The summed E-state index contributed by atoms with van der Waals surface area (Å²) in [5.74, 6) is -1.54. The fourth-order valence-electron chi connectivity index (χ4n) is 0.531. The topological polar surface area (TPSA) is 83.5 Å². The molecular weight excluding hydrogens is 186 g/mol. The number of rotatable bonds is 2. The largest absolute Gasteiger partial charge is 0.481 e. The molecule has 0 saturated carbocycles. The standard InChI is InChI=1S/C5H10O2.C4H3NO2/c1-3-4(2)5(6)7;6-3-1-2-4(7)5-3/h4H,3H2,1-2H3,(H,6,7);1-2H,(H,5,6,7). The Morgan fingerprint density at radius 3 is 1.93 bits per heavy atom. The zero-order valence-corrected chi connectivity index (χ0v) is 8.11. The first-order valence-electron chi connectivity index (χ1n) is 4.23. The summed E-state index contributed by atoms with van der Waals surface area (Å²) in [5, 5.41) is 10.2. The number of imide groups is 1. The Kier molecular flexibility index (Phi) is 5.21. The maximum absolute atomic E-state index is 10.0. The van der Waals surface area contributed by atoms with Crippen molar-refractivity contribution in [1.29, 1.82) is 0 Å². The van der Waals surface area contributed by atoms with Crippen LogP contribution in [0.1, 0.15) is 20.3 Å². The van der Waals surface area contributed by atoms with Crippen molar-refractivity contribution in [3.8, 4) is 0 Å². The number of hydrogen-bond acceptors (Lipinski definition) is 3. The summed E-state index contributed by atoms with van der Waals surface area (Å²) in [6.07, 6.45) is 3.11. The summed E-state index contributed by atoms with van der Waals surface area (Å²) in [6, 6.07) is 0. The van der Waals surface area contributed by atoms with Crippen LogP contribution >= 0.6 is 0 Å². The van der Waals surface area contributed by atoms with Crippen LogP contribution < -0.4 is 5.32 Å². The summed E-state index contributed by atoms with van der Waals surface area (Å²) in [5.41, 5.74) is 0. The Labute approximate surface area is 81.8 Å². The van der Waals surface area contributed by atoms with Gasteiger partial charge in [0.05, 0.1) is 5.92 Å². The predicted molar refractivity (Wildman–Crippen MR) is 49.4 cm³/mol. The molecule has 0 aliphatic carbocycles. The molecule has 1 aliphatic rings. The first kappa shape index (κ1) is 12.3. The third kappa shape index (κ3) is 5.08. The average Bonchev–Trinajstić information content (AvgIpc) is 2.49. The van der Waals surface area contributed by atoms with Gasteiger partial charge in [-0.25, -0.2) is 0 Å². The van der Waals surface area contributed by atoms with Crippen molar-refractivity contribution in [2.45, 2.75) is 20.3 Å². The van der Waals surface area contributed by atoms with Gasteiger partial charge in [0, 0.05) is 12.2 Å². The van der Waals surface area contributed by atoms with Gasteiger partial charge < -0.3 is 5.11 Å². The molecule has 2 amide bonds. The van der Waals surface area contributed by atoms with E-state index in [4.69, 9.17) is 5.11 Å². The fraction of sp³-hybridized carbons (Fsp3) is 0.444. The predicted octanol–water partition coefficient (Wildman–Crippen LogP) is 0.316. The Bertz CT molecular complexity index is 254. The molecule has 0 fully saturated rings. The highest BCUT2D eigenvalue weighted by atomic mass is 16.4. The Balaban J connectivity index is 0.000000241. The van der Waals surface area contributed by atoms with Gasteiger partial charge in [0.1, 0.15) is 0 Å². The molecule has 1 aliphatic heterocycles. The van der Waals surface area contributed by atoms with Crippen LogP contribution in [-0.2, 0) is 14.4 Å². The molecular formula is C9H13NO4. The molecule has 14 heavy (non-hydrogen) atoms. The minimum Gasteiger partial charge on any atom is -0.481 e. The van der Waals surface area contributed by atoms with Crippen molar-refractivity contribution < 1.29 is 19.5 Å². The highest BCUT2D eigenvalue weighted by molar-refractivity contribution is 6.12. The van der Waals surface area contributed by atoms with E-state index >= 15 is 0 Å². The number of carbonyl (C=O) groups excluding carboxylic acids is 2. The van der Waals surface area contributed by atoms with Gasteiger partial charge in [-0.2, -0.15) is 0 Å². The van der Waals surface area contributed by atoms with E-state index in [0.717, 1.165) is 6.42 Å². The van der Waals surface area contributed by atoms with E-state index in [-0.39, 0.29) is 17.7 Å². The number of amides is 2. The van der Waals surface area contributed by atoms with Crippen LogP contribution in [0.4, 0.5) is 0 Å². The molecule has 5 heteroatoms. The average molecular weight is 199 g/mol. The zero-order valence-electron chi connectivity index (χ0n) is 8.11. The van der Waals surface area contributed by atoms with Crippen LogP contribution in [0.3, 0.4) is 0 Å². The minimum atomic E-state index is -0.706. The third-order valence-corrected chi connectivity index (χ3v) is 1.67. The van der Waals surface area contributed by atoms with Crippen LogP contribution in [0.5, 0.6) is 0 Å². The quantitative estimate of drug-likeness (QED) is 0.627. The molecule has 1 unspecified atom stereocenters. The molecule has 0 aromatic rings. The SMILES string of the molecule is CCC(C)C(=O)O.O=C1C=CC(=O)N1. The lowest BCUT2D eigenvalue weighted by Gasteiger charge is -1.96. The molecule has 0 saturated heterocycles. The van der Waals surface area contributed by atoms with Gasteiger partial charge in [0.15, 0.2) is 0 Å². The molecule has 2 N–H and O–H groups in total. The van der Waals surface area contributed by atoms with E-state index < -0.39 is 5.97 Å². The highest BCUT2D eigenvalue weighted by Crippen LogP contribution is 1.97. The van der Waals surface area contributed by atoms with Crippen molar-refractivity contribution in [3.05, 3.63) is 12.2 Å². The lowest BCUT2D eigenvalue weighted by molar-refractivity contribution is -0.141. The highest BCUT2D eigenvalue weighted by Gasteiger charge is 2.06. The van der Waals surface area contributed by atoms with Crippen LogP contribution in [0.15, 0.2) is 12.2 Å². The summed E-state index contributed by atoms with van der Waals surface area (Å²) in [4.78, 5) is 30.0. The molecule has 0 radical (unpaired) electrons. The number of carbonyl (C=O) groups is 3. The molecule has 0 aromatic carbocycles. The normalized spacial score (nSPS) is 15.6. The van der Waals surface area contributed by atoms with E-state index in [1.807, 2.05) is 12.2 Å². The molecule has 5 nitrogen and oxygen atoms in total.